The Hall–Kier alpha value is -2.07. The zero-order chi connectivity index (χ0) is 17.0. The smallest absolute Gasteiger partial charge is 0.0991 e. The number of unbranched alkanes of at least 4 members (excludes halogenated alkanes) is 4. The SMILES string of the molecule is CCCCc1ccc(CCCCCCc2ccc(C#N)cc2)cc1. The van der Waals surface area contributed by atoms with Crippen LogP contribution in [0.25, 0.3) is 0 Å². The monoisotopic (exact) mass is 319 g/mol. The van der Waals surface area contributed by atoms with Crippen molar-refractivity contribution < 1.29 is 0 Å². The molecule has 0 bridgehead atoms. The summed E-state index contributed by atoms with van der Waals surface area (Å²) in [7, 11) is 0. The van der Waals surface area contributed by atoms with Crippen molar-refractivity contribution in [3.05, 3.63) is 70.8 Å². The van der Waals surface area contributed by atoms with E-state index in [1.54, 1.807) is 0 Å². The molecule has 24 heavy (non-hydrogen) atoms. The fraction of sp³-hybridized carbons (Fsp3) is 0.435. The molecular weight excluding hydrogens is 290 g/mol. The van der Waals surface area contributed by atoms with E-state index in [4.69, 9.17) is 5.26 Å². The number of rotatable bonds is 10. The van der Waals surface area contributed by atoms with E-state index in [-0.39, 0.29) is 0 Å². The van der Waals surface area contributed by atoms with Gasteiger partial charge in [-0.05, 0) is 67.3 Å². The summed E-state index contributed by atoms with van der Waals surface area (Å²) in [6.45, 7) is 2.25. The van der Waals surface area contributed by atoms with Gasteiger partial charge in [0, 0.05) is 0 Å². The number of aryl methyl sites for hydroxylation is 3. The summed E-state index contributed by atoms with van der Waals surface area (Å²) in [6, 6.07) is 19.4. The second-order valence-electron chi connectivity index (χ2n) is 6.64. The quantitative estimate of drug-likeness (QED) is 0.475. The maximum atomic E-state index is 8.80. The fourth-order valence-electron chi connectivity index (χ4n) is 3.01. The molecule has 1 nitrogen and oxygen atoms in total. The first-order chi connectivity index (χ1) is 11.8. The Bertz CT molecular complexity index is 617. The summed E-state index contributed by atoms with van der Waals surface area (Å²) < 4.78 is 0. The zero-order valence-electron chi connectivity index (χ0n) is 14.9. The van der Waals surface area contributed by atoms with Crippen molar-refractivity contribution in [1.82, 2.24) is 0 Å². The fourth-order valence-corrected chi connectivity index (χ4v) is 3.01. The van der Waals surface area contributed by atoms with Gasteiger partial charge in [-0.15, -0.1) is 0 Å². The largest absolute Gasteiger partial charge is 0.192 e. The van der Waals surface area contributed by atoms with Crippen molar-refractivity contribution in [3.8, 4) is 6.07 Å². The van der Waals surface area contributed by atoms with E-state index in [1.165, 1.54) is 68.1 Å². The van der Waals surface area contributed by atoms with E-state index in [9.17, 15) is 0 Å². The Kier molecular flexibility index (Phi) is 8.11. The summed E-state index contributed by atoms with van der Waals surface area (Å²) in [5.74, 6) is 0. The van der Waals surface area contributed by atoms with Crippen LogP contribution < -0.4 is 0 Å². The molecule has 2 aromatic rings. The minimum Gasteiger partial charge on any atom is -0.192 e. The van der Waals surface area contributed by atoms with Crippen LogP contribution in [-0.2, 0) is 19.3 Å². The van der Waals surface area contributed by atoms with E-state index in [2.05, 4.69) is 49.4 Å². The van der Waals surface area contributed by atoms with Crippen molar-refractivity contribution in [2.75, 3.05) is 0 Å². The van der Waals surface area contributed by atoms with Gasteiger partial charge in [-0.25, -0.2) is 0 Å². The molecule has 0 saturated carbocycles. The van der Waals surface area contributed by atoms with Gasteiger partial charge in [0.15, 0.2) is 0 Å². The van der Waals surface area contributed by atoms with E-state index in [0.29, 0.717) is 0 Å². The van der Waals surface area contributed by atoms with Gasteiger partial charge in [-0.3, -0.25) is 0 Å². The molecule has 0 saturated heterocycles. The van der Waals surface area contributed by atoms with E-state index >= 15 is 0 Å². The van der Waals surface area contributed by atoms with Gasteiger partial charge >= 0.3 is 0 Å². The lowest BCUT2D eigenvalue weighted by atomic mass is 10.0. The zero-order valence-corrected chi connectivity index (χ0v) is 14.9. The summed E-state index contributed by atoms with van der Waals surface area (Å²) in [4.78, 5) is 0. The highest BCUT2D eigenvalue weighted by molar-refractivity contribution is 5.31. The predicted octanol–water partition coefficient (Wildman–Crippen LogP) is 6.25. The van der Waals surface area contributed by atoms with Crippen molar-refractivity contribution >= 4 is 0 Å². The van der Waals surface area contributed by atoms with Crippen LogP contribution in [-0.4, -0.2) is 0 Å². The Morgan fingerprint density at radius 2 is 1.04 bits per heavy atom. The van der Waals surface area contributed by atoms with E-state index in [1.807, 2.05) is 12.1 Å². The molecule has 2 aromatic carbocycles. The van der Waals surface area contributed by atoms with Gasteiger partial charge in [0.2, 0.25) is 0 Å². The molecule has 0 amide bonds. The normalized spacial score (nSPS) is 10.5. The van der Waals surface area contributed by atoms with Crippen LogP contribution in [0.15, 0.2) is 48.5 Å². The number of hydrogen-bond donors (Lipinski definition) is 0. The molecule has 0 radical (unpaired) electrons. The summed E-state index contributed by atoms with van der Waals surface area (Å²) in [5, 5.41) is 8.80. The number of hydrogen-bond acceptors (Lipinski definition) is 1. The van der Waals surface area contributed by atoms with Gasteiger partial charge in [-0.1, -0.05) is 62.6 Å². The highest BCUT2D eigenvalue weighted by atomic mass is 14.2. The van der Waals surface area contributed by atoms with E-state index < -0.39 is 0 Å². The van der Waals surface area contributed by atoms with Crippen LogP contribution >= 0.6 is 0 Å². The standard InChI is InChI=1S/C23H29N/c1-2-3-8-20-11-13-21(14-12-20)9-6-4-5-7-10-22-15-17-23(19-24)18-16-22/h11-18H,2-10H2,1H3. The van der Waals surface area contributed by atoms with Gasteiger partial charge in [0.25, 0.3) is 0 Å². The molecule has 0 N–H and O–H groups in total. The molecule has 0 unspecified atom stereocenters. The lowest BCUT2D eigenvalue weighted by Crippen LogP contribution is -1.90. The molecule has 0 aliphatic rings. The van der Waals surface area contributed by atoms with Crippen LogP contribution in [0.4, 0.5) is 0 Å². The average molecular weight is 319 g/mol. The third-order valence-electron chi connectivity index (χ3n) is 4.61. The molecule has 0 heterocycles. The summed E-state index contributed by atoms with van der Waals surface area (Å²) in [6.07, 6.45) is 11.2. The van der Waals surface area contributed by atoms with Crippen molar-refractivity contribution in [1.29, 1.82) is 5.26 Å². The second kappa shape index (κ2) is 10.7. The van der Waals surface area contributed by atoms with Crippen LogP contribution in [0.3, 0.4) is 0 Å². The molecule has 0 spiro atoms. The number of nitrogens with zero attached hydrogens (tertiary/aromatic N) is 1. The van der Waals surface area contributed by atoms with Gasteiger partial charge in [0.1, 0.15) is 0 Å². The van der Waals surface area contributed by atoms with Crippen LogP contribution in [0.2, 0.25) is 0 Å². The maximum absolute atomic E-state index is 8.80. The second-order valence-corrected chi connectivity index (χ2v) is 6.64. The number of benzene rings is 2. The minimum atomic E-state index is 0.750. The van der Waals surface area contributed by atoms with Crippen LogP contribution in [0.5, 0.6) is 0 Å². The van der Waals surface area contributed by atoms with Crippen molar-refractivity contribution in [2.24, 2.45) is 0 Å². The molecule has 0 fully saturated rings. The summed E-state index contributed by atoms with van der Waals surface area (Å²) in [5.41, 5.74) is 5.04. The third kappa shape index (κ3) is 6.59. The Morgan fingerprint density at radius 3 is 1.46 bits per heavy atom. The molecule has 126 valence electrons. The first-order valence-electron chi connectivity index (χ1n) is 9.38. The lowest BCUT2D eigenvalue weighted by molar-refractivity contribution is 0.640. The van der Waals surface area contributed by atoms with Gasteiger partial charge in [-0.2, -0.15) is 5.26 Å². The Morgan fingerprint density at radius 1 is 0.625 bits per heavy atom. The van der Waals surface area contributed by atoms with Gasteiger partial charge in [0.05, 0.1) is 11.6 Å². The predicted molar refractivity (Wildman–Crippen MR) is 102 cm³/mol. The highest BCUT2D eigenvalue weighted by Crippen LogP contribution is 2.13. The first-order valence-corrected chi connectivity index (χ1v) is 9.38. The molecule has 0 aromatic heterocycles. The molecule has 0 aliphatic carbocycles. The molecule has 1 heteroatoms. The molecule has 2 rings (SSSR count). The topological polar surface area (TPSA) is 23.8 Å². The first kappa shape index (κ1) is 18.3. The number of nitriles is 1. The molecule has 0 atom stereocenters. The van der Waals surface area contributed by atoms with Crippen LogP contribution in [0.1, 0.15) is 67.7 Å². The van der Waals surface area contributed by atoms with Gasteiger partial charge < -0.3 is 0 Å². The minimum absolute atomic E-state index is 0.750. The average Bonchev–Trinajstić information content (AvgIpc) is 2.64. The van der Waals surface area contributed by atoms with E-state index in [0.717, 1.165) is 12.0 Å². The highest BCUT2D eigenvalue weighted by Gasteiger charge is 1.98. The lowest BCUT2D eigenvalue weighted by Gasteiger charge is -2.05. The third-order valence-corrected chi connectivity index (χ3v) is 4.61. The Balaban J connectivity index is 1.58. The molecular formula is C23H29N. The summed E-state index contributed by atoms with van der Waals surface area (Å²) >= 11 is 0. The maximum Gasteiger partial charge on any atom is 0.0991 e. The van der Waals surface area contributed by atoms with Crippen molar-refractivity contribution in [3.63, 3.8) is 0 Å². The molecule has 0 aliphatic heterocycles. The van der Waals surface area contributed by atoms with Crippen molar-refractivity contribution in [2.45, 2.75) is 64.7 Å². The Labute approximate surface area is 147 Å². The van der Waals surface area contributed by atoms with Crippen LogP contribution in [0, 0.1) is 11.3 Å².